The van der Waals surface area contributed by atoms with Gasteiger partial charge in [0.15, 0.2) is 11.6 Å². The Hall–Kier alpha value is -2.32. The first-order chi connectivity index (χ1) is 13.6. The lowest BCUT2D eigenvalue weighted by Gasteiger charge is -2.26. The number of aryl methyl sites for hydroxylation is 1. The second kappa shape index (κ2) is 7.97. The van der Waals surface area contributed by atoms with E-state index in [4.69, 9.17) is 4.42 Å². The Balaban J connectivity index is 1.65. The standard InChI is InChI=1S/C20H18FN3O2S2/c1-11-16(20(27-2)24-18(22-11)15-7-4-9-26-15)19(25)23-14-8-10-28-17-12(14)5-3-6-13(17)21/h3-7,9,14H,8,10H2,1-2H3,(H,23,25)/t14-/m1/s1. The van der Waals surface area contributed by atoms with Gasteiger partial charge in [0.25, 0.3) is 5.91 Å². The lowest BCUT2D eigenvalue weighted by Crippen LogP contribution is -2.32. The van der Waals surface area contributed by atoms with Gasteiger partial charge in [-0.05, 0) is 43.4 Å². The van der Waals surface area contributed by atoms with Gasteiger partial charge in [-0.3, -0.25) is 4.79 Å². The molecule has 144 valence electrons. The number of amides is 1. The molecule has 0 fully saturated rings. The highest BCUT2D eigenvalue weighted by molar-refractivity contribution is 7.99. The molecule has 1 N–H and O–H groups in total. The Morgan fingerprint density at radius 1 is 1.32 bits per heavy atom. The second-order valence-corrected chi connectivity index (χ2v) is 8.22. The Labute approximate surface area is 170 Å². The van der Waals surface area contributed by atoms with Gasteiger partial charge in [-0.2, -0.15) is 0 Å². The van der Waals surface area contributed by atoms with E-state index in [0.29, 0.717) is 32.8 Å². The van der Waals surface area contributed by atoms with Gasteiger partial charge < -0.3 is 9.73 Å². The predicted octanol–water partition coefficient (Wildman–Crippen LogP) is 4.87. The average Bonchev–Trinajstić information content (AvgIpc) is 3.23. The van der Waals surface area contributed by atoms with Crippen molar-refractivity contribution in [2.45, 2.75) is 29.3 Å². The highest BCUT2D eigenvalue weighted by atomic mass is 32.2. The van der Waals surface area contributed by atoms with E-state index in [2.05, 4.69) is 15.3 Å². The number of rotatable bonds is 4. The number of thioether (sulfide) groups is 2. The topological polar surface area (TPSA) is 68.0 Å². The molecule has 0 aliphatic carbocycles. The van der Waals surface area contributed by atoms with Crippen LogP contribution in [0.2, 0.25) is 0 Å². The fourth-order valence-electron chi connectivity index (χ4n) is 3.24. The zero-order chi connectivity index (χ0) is 19.7. The van der Waals surface area contributed by atoms with Crippen molar-refractivity contribution in [1.29, 1.82) is 0 Å². The van der Waals surface area contributed by atoms with Crippen LogP contribution in [0, 0.1) is 12.7 Å². The van der Waals surface area contributed by atoms with Crippen molar-refractivity contribution in [1.82, 2.24) is 15.3 Å². The van der Waals surface area contributed by atoms with Gasteiger partial charge in [0.1, 0.15) is 10.8 Å². The lowest BCUT2D eigenvalue weighted by molar-refractivity contribution is 0.0930. The Morgan fingerprint density at radius 2 is 2.18 bits per heavy atom. The third-order valence-corrected chi connectivity index (χ3v) is 6.39. The van der Waals surface area contributed by atoms with E-state index in [9.17, 15) is 9.18 Å². The molecule has 5 nitrogen and oxygen atoms in total. The van der Waals surface area contributed by atoms with Crippen LogP contribution in [-0.4, -0.2) is 27.9 Å². The smallest absolute Gasteiger partial charge is 0.256 e. The number of carbonyl (C=O) groups is 1. The van der Waals surface area contributed by atoms with E-state index in [1.165, 1.54) is 29.6 Å². The summed E-state index contributed by atoms with van der Waals surface area (Å²) in [6, 6.07) is 8.31. The van der Waals surface area contributed by atoms with Crippen molar-refractivity contribution in [3.8, 4) is 11.6 Å². The molecule has 1 atom stereocenters. The molecule has 0 saturated carbocycles. The first-order valence-corrected chi connectivity index (χ1v) is 11.0. The minimum absolute atomic E-state index is 0.238. The van der Waals surface area contributed by atoms with Gasteiger partial charge >= 0.3 is 0 Å². The summed E-state index contributed by atoms with van der Waals surface area (Å²) >= 11 is 2.87. The first kappa shape index (κ1) is 19.0. The number of fused-ring (bicyclic) bond motifs is 1. The second-order valence-electron chi connectivity index (χ2n) is 6.32. The Morgan fingerprint density at radius 3 is 2.93 bits per heavy atom. The van der Waals surface area contributed by atoms with Gasteiger partial charge in [-0.15, -0.1) is 23.5 Å². The molecule has 28 heavy (non-hydrogen) atoms. The third kappa shape index (κ3) is 3.54. The Bertz CT molecular complexity index is 1020. The van der Waals surface area contributed by atoms with Crippen LogP contribution in [-0.2, 0) is 0 Å². The third-order valence-electron chi connectivity index (χ3n) is 4.55. The first-order valence-electron chi connectivity index (χ1n) is 8.77. The minimum atomic E-state index is -0.250. The molecule has 4 rings (SSSR count). The molecule has 0 unspecified atom stereocenters. The van der Waals surface area contributed by atoms with Gasteiger partial charge in [0, 0.05) is 10.6 Å². The number of hydrogen-bond donors (Lipinski definition) is 1. The van der Waals surface area contributed by atoms with Crippen molar-refractivity contribution in [2.24, 2.45) is 0 Å². The normalized spacial score (nSPS) is 15.9. The van der Waals surface area contributed by atoms with Crippen LogP contribution in [0.15, 0.2) is 50.9 Å². The molecule has 1 aromatic carbocycles. The summed E-state index contributed by atoms with van der Waals surface area (Å²) in [5.74, 6) is 1.26. The number of nitrogens with one attached hydrogen (secondary N) is 1. The SMILES string of the molecule is CSc1nc(-c2ccco2)nc(C)c1C(=O)N[C@@H]1CCSc2c(F)cccc21. The molecule has 0 saturated heterocycles. The largest absolute Gasteiger partial charge is 0.461 e. The zero-order valence-electron chi connectivity index (χ0n) is 15.4. The summed E-state index contributed by atoms with van der Waals surface area (Å²) in [6.07, 6.45) is 4.17. The molecule has 0 spiro atoms. The minimum Gasteiger partial charge on any atom is -0.461 e. The summed E-state index contributed by atoms with van der Waals surface area (Å²) < 4.78 is 19.5. The number of furan rings is 1. The van der Waals surface area contributed by atoms with Crippen LogP contribution in [0.25, 0.3) is 11.6 Å². The van der Waals surface area contributed by atoms with E-state index in [1.807, 2.05) is 12.3 Å². The average molecular weight is 416 g/mol. The molecule has 8 heteroatoms. The van der Waals surface area contributed by atoms with Crippen molar-refractivity contribution in [2.75, 3.05) is 12.0 Å². The molecule has 2 aromatic heterocycles. The van der Waals surface area contributed by atoms with Crippen LogP contribution in [0.1, 0.15) is 34.1 Å². The summed E-state index contributed by atoms with van der Waals surface area (Å²) in [7, 11) is 0. The van der Waals surface area contributed by atoms with Crippen LogP contribution < -0.4 is 5.32 Å². The number of halogens is 1. The van der Waals surface area contributed by atoms with E-state index >= 15 is 0 Å². The number of benzene rings is 1. The van der Waals surface area contributed by atoms with Crippen molar-refractivity contribution in [3.63, 3.8) is 0 Å². The summed E-state index contributed by atoms with van der Waals surface area (Å²) in [5.41, 5.74) is 1.84. The number of carbonyl (C=O) groups excluding carboxylic acids is 1. The molecule has 3 aromatic rings. The molecule has 0 radical (unpaired) electrons. The van der Waals surface area contributed by atoms with Crippen molar-refractivity contribution < 1.29 is 13.6 Å². The van der Waals surface area contributed by atoms with E-state index in [1.54, 1.807) is 31.4 Å². The van der Waals surface area contributed by atoms with Crippen LogP contribution in [0.3, 0.4) is 0 Å². The van der Waals surface area contributed by atoms with Gasteiger partial charge in [0.2, 0.25) is 0 Å². The van der Waals surface area contributed by atoms with E-state index in [-0.39, 0.29) is 17.8 Å². The van der Waals surface area contributed by atoms with E-state index in [0.717, 1.165) is 17.7 Å². The predicted molar refractivity (Wildman–Crippen MR) is 108 cm³/mol. The molecule has 0 bridgehead atoms. The fraction of sp³-hybridized carbons (Fsp3) is 0.250. The van der Waals surface area contributed by atoms with Crippen LogP contribution >= 0.6 is 23.5 Å². The molecule has 1 aliphatic rings. The van der Waals surface area contributed by atoms with Gasteiger partial charge in [0.05, 0.1) is 23.6 Å². The molecule has 1 aliphatic heterocycles. The van der Waals surface area contributed by atoms with Crippen LogP contribution in [0.4, 0.5) is 4.39 Å². The fourth-order valence-corrected chi connectivity index (χ4v) is 5.00. The van der Waals surface area contributed by atoms with Crippen LogP contribution in [0.5, 0.6) is 0 Å². The highest BCUT2D eigenvalue weighted by Crippen LogP contribution is 2.38. The number of nitrogens with zero attached hydrogens (tertiary/aromatic N) is 2. The quantitative estimate of drug-likeness (QED) is 0.484. The zero-order valence-corrected chi connectivity index (χ0v) is 17.0. The van der Waals surface area contributed by atoms with Gasteiger partial charge in [-0.25, -0.2) is 14.4 Å². The summed E-state index contributed by atoms with van der Waals surface area (Å²) in [6.45, 7) is 1.78. The van der Waals surface area contributed by atoms with Crippen molar-refractivity contribution in [3.05, 3.63) is 59.2 Å². The monoisotopic (exact) mass is 415 g/mol. The maximum Gasteiger partial charge on any atom is 0.256 e. The number of hydrogen-bond acceptors (Lipinski definition) is 6. The molecular weight excluding hydrogens is 397 g/mol. The molecular formula is C20H18FN3O2S2. The summed E-state index contributed by atoms with van der Waals surface area (Å²) in [4.78, 5) is 22.6. The molecule has 3 heterocycles. The maximum atomic E-state index is 14.1. The number of aromatic nitrogens is 2. The van der Waals surface area contributed by atoms with E-state index < -0.39 is 0 Å². The summed E-state index contributed by atoms with van der Waals surface area (Å²) in [5, 5.41) is 3.64. The molecule has 1 amide bonds. The lowest BCUT2D eigenvalue weighted by atomic mass is 10.0. The highest BCUT2D eigenvalue weighted by Gasteiger charge is 2.27. The van der Waals surface area contributed by atoms with Gasteiger partial charge in [-0.1, -0.05) is 12.1 Å². The maximum absolute atomic E-state index is 14.1. The Kier molecular flexibility index (Phi) is 5.41. The van der Waals surface area contributed by atoms with Crippen molar-refractivity contribution >= 4 is 29.4 Å².